The lowest BCUT2D eigenvalue weighted by atomic mass is 9.93. The Bertz CT molecular complexity index is 844. The highest BCUT2D eigenvalue weighted by Gasteiger charge is 2.07. The van der Waals surface area contributed by atoms with Crippen LogP contribution in [0, 0.1) is 18.7 Å². The molecule has 1 aliphatic rings. The summed E-state index contributed by atoms with van der Waals surface area (Å²) in [5.41, 5.74) is 4.63. The zero-order valence-corrected chi connectivity index (χ0v) is 19.5. The maximum Gasteiger partial charge on any atom is 0.123 e. The van der Waals surface area contributed by atoms with E-state index in [9.17, 15) is 13.9 Å². The zero-order valence-electron chi connectivity index (χ0n) is 19.5. The molecule has 1 N–H and O–H groups in total. The van der Waals surface area contributed by atoms with Crippen molar-refractivity contribution in [2.24, 2.45) is 5.92 Å². The predicted molar refractivity (Wildman–Crippen MR) is 129 cm³/mol. The van der Waals surface area contributed by atoms with Crippen molar-refractivity contribution in [3.63, 3.8) is 0 Å². The number of halogens is 2. The van der Waals surface area contributed by atoms with Crippen LogP contribution >= 0.6 is 0 Å². The van der Waals surface area contributed by atoms with Crippen molar-refractivity contribution >= 4 is 0 Å². The summed E-state index contributed by atoms with van der Waals surface area (Å²) in [4.78, 5) is 0. The molecule has 1 aromatic rings. The fourth-order valence-electron chi connectivity index (χ4n) is 2.99. The molecule has 1 atom stereocenters. The first-order chi connectivity index (χ1) is 14.7. The zero-order chi connectivity index (χ0) is 23.2. The van der Waals surface area contributed by atoms with Gasteiger partial charge in [-0.25, -0.2) is 8.78 Å². The van der Waals surface area contributed by atoms with Crippen molar-refractivity contribution in [1.29, 1.82) is 0 Å². The van der Waals surface area contributed by atoms with E-state index in [4.69, 9.17) is 0 Å². The van der Waals surface area contributed by atoms with Gasteiger partial charge in [0, 0.05) is 0 Å². The SMILES string of the molecule is CCC/C(C)=C/C(O)=C\C=C(/C)C(C)CC1=CCC=C(F)C=C1.Cc1ccc(F)cc1. The van der Waals surface area contributed by atoms with Gasteiger partial charge in [-0.15, -0.1) is 0 Å². The molecule has 31 heavy (non-hydrogen) atoms. The molecule has 1 unspecified atom stereocenters. The average molecular weight is 427 g/mol. The standard InChI is InChI=1S/C21H29FO.C7H7F/c1-5-7-16(2)14-21(23)13-10-17(3)18(4)15-19-8-6-9-20(22)12-11-19;1-6-2-4-7(8)5-3-6/h8-14,18,23H,5-7,15H2,1-4H3;2-5H,1H3/b16-14+,17-10+,21-13+;. The number of hydrogen-bond acceptors (Lipinski definition) is 1. The third-order valence-electron chi connectivity index (χ3n) is 5.04. The summed E-state index contributed by atoms with van der Waals surface area (Å²) in [6, 6.07) is 6.40. The second-order valence-corrected chi connectivity index (χ2v) is 8.08. The van der Waals surface area contributed by atoms with Gasteiger partial charge < -0.3 is 5.11 Å². The first-order valence-corrected chi connectivity index (χ1v) is 10.9. The Morgan fingerprint density at radius 3 is 2.35 bits per heavy atom. The van der Waals surface area contributed by atoms with Crippen LogP contribution in [0.4, 0.5) is 8.78 Å². The summed E-state index contributed by atoms with van der Waals surface area (Å²) in [7, 11) is 0. The van der Waals surface area contributed by atoms with E-state index in [0.29, 0.717) is 18.1 Å². The fourth-order valence-corrected chi connectivity index (χ4v) is 2.99. The van der Waals surface area contributed by atoms with E-state index in [0.717, 1.165) is 30.4 Å². The van der Waals surface area contributed by atoms with Gasteiger partial charge in [0.15, 0.2) is 0 Å². The minimum Gasteiger partial charge on any atom is -0.508 e. The van der Waals surface area contributed by atoms with Crippen molar-refractivity contribution in [2.75, 3.05) is 0 Å². The van der Waals surface area contributed by atoms with Gasteiger partial charge in [-0.05, 0) is 82.4 Å². The number of aryl methyl sites for hydroxylation is 1. The van der Waals surface area contributed by atoms with Crippen molar-refractivity contribution < 1.29 is 13.9 Å². The third-order valence-corrected chi connectivity index (χ3v) is 5.04. The van der Waals surface area contributed by atoms with Crippen molar-refractivity contribution in [1.82, 2.24) is 0 Å². The van der Waals surface area contributed by atoms with Crippen molar-refractivity contribution in [3.05, 3.63) is 106 Å². The van der Waals surface area contributed by atoms with E-state index in [-0.39, 0.29) is 11.6 Å². The second kappa shape index (κ2) is 14.3. The maximum absolute atomic E-state index is 13.2. The van der Waals surface area contributed by atoms with Crippen LogP contribution in [0.5, 0.6) is 0 Å². The number of aliphatic hydroxyl groups excluding tert-OH is 1. The lowest BCUT2D eigenvalue weighted by Gasteiger charge is -2.12. The minimum atomic E-state index is -0.171. The Morgan fingerprint density at radius 2 is 1.74 bits per heavy atom. The molecule has 0 radical (unpaired) electrons. The quantitative estimate of drug-likeness (QED) is 0.340. The van der Waals surface area contributed by atoms with E-state index < -0.39 is 0 Å². The molecule has 0 aliphatic heterocycles. The molecule has 0 amide bonds. The molecule has 2 rings (SSSR count). The van der Waals surface area contributed by atoms with Crippen molar-refractivity contribution in [2.45, 2.75) is 60.3 Å². The Labute approximate surface area is 186 Å². The molecule has 0 saturated heterocycles. The average Bonchev–Trinajstić information content (AvgIpc) is 2.93. The molecular weight excluding hydrogens is 390 g/mol. The molecule has 0 spiro atoms. The van der Waals surface area contributed by atoms with Gasteiger partial charge in [0.05, 0.1) is 0 Å². The molecule has 1 aromatic carbocycles. The number of benzene rings is 1. The Hall–Kier alpha value is -2.68. The highest BCUT2D eigenvalue weighted by atomic mass is 19.1. The number of allylic oxidation sites excluding steroid dienone is 11. The Morgan fingerprint density at radius 1 is 1.06 bits per heavy atom. The smallest absolute Gasteiger partial charge is 0.123 e. The molecule has 0 fully saturated rings. The van der Waals surface area contributed by atoms with Gasteiger partial charge in [-0.2, -0.15) is 0 Å². The van der Waals surface area contributed by atoms with Crippen LogP contribution in [0.3, 0.4) is 0 Å². The van der Waals surface area contributed by atoms with E-state index in [1.807, 2.05) is 32.1 Å². The second-order valence-electron chi connectivity index (χ2n) is 8.08. The van der Waals surface area contributed by atoms with Gasteiger partial charge in [0.2, 0.25) is 0 Å². The summed E-state index contributed by atoms with van der Waals surface area (Å²) in [6.45, 7) is 10.3. The summed E-state index contributed by atoms with van der Waals surface area (Å²) >= 11 is 0. The van der Waals surface area contributed by atoms with Gasteiger partial charge in [0.25, 0.3) is 0 Å². The molecule has 0 bridgehead atoms. The van der Waals surface area contributed by atoms with Crippen LogP contribution in [0.25, 0.3) is 0 Å². The fraction of sp³-hybridized carbons (Fsp3) is 0.357. The molecule has 168 valence electrons. The maximum atomic E-state index is 13.2. The van der Waals surface area contributed by atoms with Crippen molar-refractivity contribution in [3.8, 4) is 0 Å². The number of hydrogen-bond donors (Lipinski definition) is 1. The lowest BCUT2D eigenvalue weighted by molar-refractivity contribution is 0.431. The van der Waals surface area contributed by atoms with Crippen LogP contribution in [-0.4, -0.2) is 5.11 Å². The van der Waals surface area contributed by atoms with Crippen LogP contribution in [0.2, 0.25) is 0 Å². The van der Waals surface area contributed by atoms with E-state index >= 15 is 0 Å². The minimum absolute atomic E-state index is 0.168. The molecule has 1 aliphatic carbocycles. The molecule has 0 aromatic heterocycles. The van der Waals surface area contributed by atoms with Gasteiger partial charge in [-0.1, -0.05) is 72.9 Å². The molecule has 0 saturated carbocycles. The third kappa shape index (κ3) is 11.9. The lowest BCUT2D eigenvalue weighted by Crippen LogP contribution is -1.97. The van der Waals surface area contributed by atoms with E-state index in [2.05, 4.69) is 26.8 Å². The first-order valence-electron chi connectivity index (χ1n) is 10.9. The monoisotopic (exact) mass is 426 g/mol. The van der Waals surface area contributed by atoms with E-state index in [1.54, 1.807) is 24.3 Å². The van der Waals surface area contributed by atoms with Gasteiger partial charge in [-0.3, -0.25) is 0 Å². The highest BCUT2D eigenvalue weighted by molar-refractivity contribution is 5.31. The summed E-state index contributed by atoms with van der Waals surface area (Å²) in [5, 5.41) is 9.93. The normalized spacial score (nSPS) is 16.0. The molecule has 1 nitrogen and oxygen atoms in total. The molecular formula is C28H36F2O. The molecule has 3 heteroatoms. The van der Waals surface area contributed by atoms with Crippen LogP contribution in [0.1, 0.15) is 58.9 Å². The summed E-state index contributed by atoms with van der Waals surface area (Å²) < 4.78 is 25.3. The Balaban J connectivity index is 0.000000500. The number of aliphatic hydroxyl groups is 1. The van der Waals surface area contributed by atoms with Crippen LogP contribution < -0.4 is 0 Å². The molecule has 0 heterocycles. The summed E-state index contributed by atoms with van der Waals surface area (Å²) in [5.74, 6) is 0.299. The van der Waals surface area contributed by atoms with Gasteiger partial charge >= 0.3 is 0 Å². The summed E-state index contributed by atoms with van der Waals surface area (Å²) in [6.07, 6.45) is 16.2. The topological polar surface area (TPSA) is 20.2 Å². The highest BCUT2D eigenvalue weighted by Crippen LogP contribution is 2.23. The largest absolute Gasteiger partial charge is 0.508 e. The number of rotatable bonds is 7. The van der Waals surface area contributed by atoms with Crippen LogP contribution in [0.15, 0.2) is 95.1 Å². The predicted octanol–water partition coefficient (Wildman–Crippen LogP) is 9.02. The van der Waals surface area contributed by atoms with E-state index in [1.165, 1.54) is 29.4 Å². The van der Waals surface area contributed by atoms with Crippen LogP contribution in [-0.2, 0) is 0 Å². The first kappa shape index (κ1) is 26.4. The Kier molecular flexibility index (Phi) is 12.2. The van der Waals surface area contributed by atoms with Gasteiger partial charge in [0.1, 0.15) is 17.4 Å².